The van der Waals surface area contributed by atoms with Gasteiger partial charge in [-0.15, -0.1) is 0 Å². The molecule has 1 aromatic rings. The van der Waals surface area contributed by atoms with Gasteiger partial charge >= 0.3 is 12.1 Å². The molecular weight excluding hydrogens is 273 g/mol. The molecule has 0 aliphatic heterocycles. The summed E-state index contributed by atoms with van der Waals surface area (Å²) in [6.45, 7) is 3.24. The van der Waals surface area contributed by atoms with E-state index in [1.807, 2.05) is 0 Å². The van der Waals surface area contributed by atoms with Gasteiger partial charge in [0.05, 0.1) is 6.10 Å². The molecule has 2 atom stereocenters. The van der Waals surface area contributed by atoms with E-state index in [0.717, 1.165) is 7.11 Å². The Morgan fingerprint density at radius 2 is 1.80 bits per heavy atom. The lowest BCUT2D eigenvalue weighted by atomic mass is 9.92. The normalized spacial score (nSPS) is 16.3. The molecule has 112 valence electrons. The fourth-order valence-corrected chi connectivity index (χ4v) is 1.74. The van der Waals surface area contributed by atoms with Crippen molar-refractivity contribution in [2.24, 2.45) is 0 Å². The topological polar surface area (TPSA) is 35.5 Å². The predicted molar refractivity (Wildman–Crippen MR) is 67.0 cm³/mol. The van der Waals surface area contributed by atoms with Crippen molar-refractivity contribution in [2.45, 2.75) is 38.1 Å². The molecule has 0 aliphatic carbocycles. The van der Waals surface area contributed by atoms with Crippen molar-refractivity contribution in [2.75, 3.05) is 7.11 Å². The number of methoxy groups -OCH3 is 1. The molecular formula is C14H17F3O3. The second-order valence-corrected chi connectivity index (χ2v) is 4.37. The molecule has 0 unspecified atom stereocenters. The molecule has 1 aromatic carbocycles. The van der Waals surface area contributed by atoms with Crippen LogP contribution in [0.1, 0.15) is 25.8 Å². The van der Waals surface area contributed by atoms with E-state index in [2.05, 4.69) is 4.74 Å². The highest BCUT2D eigenvalue weighted by Crippen LogP contribution is 2.43. The molecule has 20 heavy (non-hydrogen) atoms. The predicted octanol–water partition coefficient (Wildman–Crippen LogP) is 3.43. The summed E-state index contributed by atoms with van der Waals surface area (Å²) in [6, 6.07) is 6.75. The lowest BCUT2D eigenvalue weighted by molar-refractivity contribution is -0.278. The number of esters is 1. The van der Waals surface area contributed by atoms with Crippen molar-refractivity contribution in [3.8, 4) is 0 Å². The van der Waals surface area contributed by atoms with Crippen LogP contribution in [0, 0.1) is 0 Å². The SMILES string of the molecule is CC[C@@H](C)OC(=O)[C@](OC)(c1ccccc1)C(F)(F)F. The summed E-state index contributed by atoms with van der Waals surface area (Å²) in [4.78, 5) is 12.0. The van der Waals surface area contributed by atoms with E-state index in [1.54, 1.807) is 13.0 Å². The summed E-state index contributed by atoms with van der Waals surface area (Å²) in [6.07, 6.45) is -5.13. The van der Waals surface area contributed by atoms with Crippen LogP contribution in [0.3, 0.4) is 0 Å². The van der Waals surface area contributed by atoms with Crippen LogP contribution in [0.5, 0.6) is 0 Å². The highest BCUT2D eigenvalue weighted by Gasteiger charge is 2.64. The molecule has 0 saturated heterocycles. The number of rotatable bonds is 5. The third-order valence-corrected chi connectivity index (χ3v) is 3.06. The van der Waals surface area contributed by atoms with Gasteiger partial charge in [-0.25, -0.2) is 4.79 Å². The van der Waals surface area contributed by atoms with Crippen LogP contribution in [0.25, 0.3) is 0 Å². The van der Waals surface area contributed by atoms with Gasteiger partial charge in [-0.1, -0.05) is 37.3 Å². The number of halogens is 3. The van der Waals surface area contributed by atoms with E-state index in [4.69, 9.17) is 4.74 Å². The van der Waals surface area contributed by atoms with E-state index in [1.165, 1.54) is 31.2 Å². The molecule has 0 amide bonds. The Bertz CT molecular complexity index is 445. The smallest absolute Gasteiger partial charge is 0.432 e. The summed E-state index contributed by atoms with van der Waals surface area (Å²) in [7, 11) is 0.846. The molecule has 0 aromatic heterocycles. The van der Waals surface area contributed by atoms with Crippen molar-refractivity contribution in [3.63, 3.8) is 0 Å². The maximum atomic E-state index is 13.4. The Balaban J connectivity index is 3.31. The summed E-state index contributed by atoms with van der Waals surface area (Å²) >= 11 is 0. The van der Waals surface area contributed by atoms with Gasteiger partial charge in [-0.05, 0) is 13.3 Å². The van der Waals surface area contributed by atoms with Crippen molar-refractivity contribution in [3.05, 3.63) is 35.9 Å². The van der Waals surface area contributed by atoms with Gasteiger partial charge in [0.1, 0.15) is 0 Å². The van der Waals surface area contributed by atoms with Crippen molar-refractivity contribution < 1.29 is 27.4 Å². The average molecular weight is 290 g/mol. The first-order chi connectivity index (χ1) is 9.29. The van der Waals surface area contributed by atoms with Crippen LogP contribution in [0.15, 0.2) is 30.3 Å². The molecule has 6 heteroatoms. The summed E-state index contributed by atoms with van der Waals surface area (Å²) < 4.78 is 49.8. The molecule has 0 heterocycles. The largest absolute Gasteiger partial charge is 0.460 e. The molecule has 0 N–H and O–H groups in total. The lowest BCUT2D eigenvalue weighted by Gasteiger charge is -2.33. The molecule has 1 rings (SSSR count). The maximum absolute atomic E-state index is 13.4. The second-order valence-electron chi connectivity index (χ2n) is 4.37. The molecule has 0 saturated carbocycles. The van der Waals surface area contributed by atoms with Crippen molar-refractivity contribution in [1.82, 2.24) is 0 Å². The second kappa shape index (κ2) is 6.26. The number of alkyl halides is 3. The number of benzene rings is 1. The van der Waals surface area contributed by atoms with Crippen LogP contribution in [0.4, 0.5) is 13.2 Å². The minimum absolute atomic E-state index is 0.302. The average Bonchev–Trinajstić information content (AvgIpc) is 2.39. The van der Waals surface area contributed by atoms with E-state index >= 15 is 0 Å². The summed E-state index contributed by atoms with van der Waals surface area (Å²) in [5.74, 6) is -1.45. The number of hydrogen-bond donors (Lipinski definition) is 0. The standard InChI is InChI=1S/C14H17F3O3/c1-4-10(2)20-12(18)13(19-3,14(15,16)17)11-8-6-5-7-9-11/h5-10H,4H2,1-3H3/t10-,13-/m1/s1. The van der Waals surface area contributed by atoms with E-state index in [9.17, 15) is 18.0 Å². The number of ether oxygens (including phenoxy) is 2. The minimum Gasteiger partial charge on any atom is -0.460 e. The molecule has 0 fully saturated rings. The zero-order valence-corrected chi connectivity index (χ0v) is 11.5. The molecule has 0 radical (unpaired) electrons. The molecule has 0 aliphatic rings. The Morgan fingerprint density at radius 3 is 2.20 bits per heavy atom. The number of carbonyl (C=O) groups is 1. The zero-order chi connectivity index (χ0) is 15.4. The summed E-state index contributed by atoms with van der Waals surface area (Å²) in [5.41, 5.74) is -3.40. The Labute approximate surface area is 115 Å². The number of carbonyl (C=O) groups excluding carboxylic acids is 1. The minimum atomic E-state index is -4.92. The first kappa shape index (κ1) is 16.5. The van der Waals surface area contributed by atoms with Crippen LogP contribution < -0.4 is 0 Å². The van der Waals surface area contributed by atoms with Gasteiger partial charge in [-0.3, -0.25) is 0 Å². The van der Waals surface area contributed by atoms with Gasteiger partial charge < -0.3 is 9.47 Å². The lowest BCUT2D eigenvalue weighted by Crippen LogP contribution is -2.52. The maximum Gasteiger partial charge on any atom is 0.432 e. The van der Waals surface area contributed by atoms with Crippen molar-refractivity contribution in [1.29, 1.82) is 0 Å². The van der Waals surface area contributed by atoms with Gasteiger partial charge in [0.15, 0.2) is 0 Å². The Morgan fingerprint density at radius 1 is 1.25 bits per heavy atom. The fourth-order valence-electron chi connectivity index (χ4n) is 1.74. The first-order valence-electron chi connectivity index (χ1n) is 6.18. The van der Waals surface area contributed by atoms with E-state index in [0.29, 0.717) is 6.42 Å². The van der Waals surface area contributed by atoms with E-state index in [-0.39, 0.29) is 5.56 Å². The van der Waals surface area contributed by atoms with Crippen LogP contribution >= 0.6 is 0 Å². The Hall–Kier alpha value is -1.56. The van der Waals surface area contributed by atoms with Gasteiger partial charge in [0.25, 0.3) is 5.60 Å². The van der Waals surface area contributed by atoms with Gasteiger partial charge in [-0.2, -0.15) is 13.2 Å². The molecule has 0 bridgehead atoms. The molecule has 3 nitrogen and oxygen atoms in total. The van der Waals surface area contributed by atoms with Crippen molar-refractivity contribution >= 4 is 5.97 Å². The highest BCUT2D eigenvalue weighted by molar-refractivity contribution is 5.82. The third kappa shape index (κ3) is 2.95. The van der Waals surface area contributed by atoms with Crippen LogP contribution in [-0.2, 0) is 19.9 Å². The zero-order valence-electron chi connectivity index (χ0n) is 11.5. The van der Waals surface area contributed by atoms with Gasteiger partial charge in [0.2, 0.25) is 0 Å². The number of hydrogen-bond acceptors (Lipinski definition) is 3. The first-order valence-corrected chi connectivity index (χ1v) is 6.18. The third-order valence-electron chi connectivity index (χ3n) is 3.06. The fraction of sp³-hybridized carbons (Fsp3) is 0.500. The highest BCUT2D eigenvalue weighted by atomic mass is 19.4. The molecule has 0 spiro atoms. The monoisotopic (exact) mass is 290 g/mol. The van der Waals surface area contributed by atoms with Gasteiger partial charge in [0, 0.05) is 12.7 Å². The Kier molecular flexibility index (Phi) is 5.16. The van der Waals surface area contributed by atoms with E-state index < -0.39 is 23.9 Å². The quantitative estimate of drug-likeness (QED) is 0.779. The summed E-state index contributed by atoms with van der Waals surface area (Å²) in [5, 5.41) is 0. The van der Waals surface area contributed by atoms with Crippen LogP contribution in [-0.4, -0.2) is 25.4 Å². The van der Waals surface area contributed by atoms with Crippen LogP contribution in [0.2, 0.25) is 0 Å².